The predicted octanol–water partition coefficient (Wildman–Crippen LogP) is 1.32. The fourth-order valence-electron chi connectivity index (χ4n) is 3.91. The molecule has 0 unspecified atom stereocenters. The Bertz CT molecular complexity index is 1060. The van der Waals surface area contributed by atoms with E-state index in [1.165, 1.54) is 4.68 Å². The van der Waals surface area contributed by atoms with Crippen LogP contribution in [0.3, 0.4) is 0 Å². The van der Waals surface area contributed by atoms with Gasteiger partial charge >= 0.3 is 7.12 Å². The molecule has 1 aliphatic carbocycles. The number of fused-ring (bicyclic) bond motifs is 2. The third kappa shape index (κ3) is 2.55. The first kappa shape index (κ1) is 17.1. The molecule has 140 valence electrons. The second kappa shape index (κ2) is 6.25. The summed E-state index contributed by atoms with van der Waals surface area (Å²) in [7, 11) is -0.959. The van der Waals surface area contributed by atoms with E-state index in [4.69, 9.17) is 4.65 Å². The topological polar surface area (TPSA) is 102 Å². The number of hydrogen-bond donors (Lipinski definition) is 2. The SMILES string of the molecule is Cc1c(C(=O)Nc2ccc3c(c2)B(O)OC32CCC2)nnn1-c1ccccn1. The molecule has 28 heavy (non-hydrogen) atoms. The van der Waals surface area contributed by atoms with Crippen LogP contribution < -0.4 is 10.8 Å². The molecule has 2 aliphatic rings. The van der Waals surface area contributed by atoms with Crippen molar-refractivity contribution >= 4 is 24.2 Å². The number of nitrogens with zero attached hydrogens (tertiary/aromatic N) is 4. The summed E-state index contributed by atoms with van der Waals surface area (Å²) in [5.41, 5.74) is 2.77. The molecule has 0 bridgehead atoms. The Labute approximate surface area is 161 Å². The number of carbonyl (C=O) groups excluding carboxylic acids is 1. The number of pyridine rings is 1. The maximum atomic E-state index is 12.7. The molecule has 1 aromatic carbocycles. The van der Waals surface area contributed by atoms with E-state index in [-0.39, 0.29) is 17.2 Å². The molecule has 5 rings (SSSR count). The van der Waals surface area contributed by atoms with E-state index in [1.54, 1.807) is 25.3 Å². The summed E-state index contributed by atoms with van der Waals surface area (Å²) in [6.07, 6.45) is 4.58. The Hall–Kier alpha value is -3.04. The summed E-state index contributed by atoms with van der Waals surface area (Å²) in [6, 6.07) is 11.0. The average molecular weight is 375 g/mol. The molecule has 0 saturated heterocycles. The Kier molecular flexibility index (Phi) is 3.82. The lowest BCUT2D eigenvalue weighted by Crippen LogP contribution is -2.35. The van der Waals surface area contributed by atoms with Crippen LogP contribution in [0.25, 0.3) is 5.82 Å². The Balaban J connectivity index is 1.40. The minimum absolute atomic E-state index is 0.221. The van der Waals surface area contributed by atoms with Crippen LogP contribution in [0.5, 0.6) is 0 Å². The zero-order chi connectivity index (χ0) is 19.3. The molecular weight excluding hydrogens is 357 g/mol. The van der Waals surface area contributed by atoms with E-state index in [0.29, 0.717) is 22.7 Å². The number of aromatic nitrogens is 4. The maximum absolute atomic E-state index is 12.7. The number of anilines is 1. The monoisotopic (exact) mass is 375 g/mol. The molecule has 1 spiro atoms. The molecule has 1 amide bonds. The molecule has 2 N–H and O–H groups in total. The van der Waals surface area contributed by atoms with Gasteiger partial charge in [-0.25, -0.2) is 4.98 Å². The summed E-state index contributed by atoms with van der Waals surface area (Å²) in [6.45, 7) is 1.77. The lowest BCUT2D eigenvalue weighted by atomic mass is 9.72. The molecule has 2 aromatic heterocycles. The van der Waals surface area contributed by atoms with Crippen molar-refractivity contribution in [2.75, 3.05) is 5.32 Å². The quantitative estimate of drug-likeness (QED) is 0.670. The Morgan fingerprint density at radius 3 is 2.89 bits per heavy atom. The van der Waals surface area contributed by atoms with Crippen molar-refractivity contribution in [3.63, 3.8) is 0 Å². The summed E-state index contributed by atoms with van der Waals surface area (Å²) in [5, 5.41) is 21.1. The van der Waals surface area contributed by atoms with Crippen molar-refractivity contribution in [2.24, 2.45) is 0 Å². The second-order valence-electron chi connectivity index (χ2n) is 7.20. The third-order valence-corrected chi connectivity index (χ3v) is 5.54. The first-order chi connectivity index (χ1) is 13.6. The van der Waals surface area contributed by atoms with Crippen molar-refractivity contribution < 1.29 is 14.5 Å². The zero-order valence-corrected chi connectivity index (χ0v) is 15.3. The highest BCUT2D eigenvalue weighted by atomic mass is 16.5. The molecule has 3 heterocycles. The fourth-order valence-corrected chi connectivity index (χ4v) is 3.91. The first-order valence-corrected chi connectivity index (χ1v) is 9.23. The first-order valence-electron chi connectivity index (χ1n) is 9.23. The number of rotatable bonds is 3. The molecular formula is C19H18BN5O3. The van der Waals surface area contributed by atoms with E-state index in [9.17, 15) is 9.82 Å². The van der Waals surface area contributed by atoms with Crippen LogP contribution in [-0.2, 0) is 10.3 Å². The Morgan fingerprint density at radius 2 is 2.18 bits per heavy atom. The van der Waals surface area contributed by atoms with Gasteiger partial charge in [0.1, 0.15) is 0 Å². The van der Waals surface area contributed by atoms with Crippen molar-refractivity contribution in [1.82, 2.24) is 20.0 Å². The molecule has 1 fully saturated rings. The van der Waals surface area contributed by atoms with Crippen LogP contribution in [0, 0.1) is 6.92 Å². The van der Waals surface area contributed by atoms with Gasteiger partial charge in [-0.05, 0) is 61.5 Å². The fraction of sp³-hybridized carbons (Fsp3) is 0.263. The van der Waals surface area contributed by atoms with Gasteiger partial charge in [-0.15, -0.1) is 5.10 Å². The number of carbonyl (C=O) groups is 1. The Morgan fingerprint density at radius 1 is 1.32 bits per heavy atom. The van der Waals surface area contributed by atoms with E-state index < -0.39 is 7.12 Å². The maximum Gasteiger partial charge on any atom is 0.492 e. The van der Waals surface area contributed by atoms with E-state index in [2.05, 4.69) is 20.6 Å². The minimum atomic E-state index is -0.959. The zero-order valence-electron chi connectivity index (χ0n) is 15.3. The summed E-state index contributed by atoms with van der Waals surface area (Å²) < 4.78 is 7.30. The van der Waals surface area contributed by atoms with Crippen LogP contribution in [0.15, 0.2) is 42.6 Å². The van der Waals surface area contributed by atoms with Gasteiger partial charge in [-0.1, -0.05) is 17.3 Å². The number of benzene rings is 1. The summed E-state index contributed by atoms with van der Waals surface area (Å²) >= 11 is 0. The standard InChI is InChI=1S/C19H18BN5O3/c1-12-17(23-24-25(12)16-5-2-3-10-21-16)18(26)22-13-6-7-14-15(11-13)20(27)28-19(14)8-4-9-19/h2-3,5-7,10-11,27H,4,8-9H2,1H3,(H,22,26). The second-order valence-corrected chi connectivity index (χ2v) is 7.20. The molecule has 0 atom stereocenters. The van der Waals surface area contributed by atoms with Gasteiger partial charge in [-0.2, -0.15) is 4.68 Å². The van der Waals surface area contributed by atoms with Crippen LogP contribution in [0.4, 0.5) is 5.69 Å². The van der Waals surface area contributed by atoms with Gasteiger partial charge < -0.3 is 15.0 Å². The summed E-state index contributed by atoms with van der Waals surface area (Å²) in [4.78, 5) is 16.9. The van der Waals surface area contributed by atoms with Gasteiger partial charge in [0.15, 0.2) is 11.5 Å². The van der Waals surface area contributed by atoms with Crippen LogP contribution in [0.1, 0.15) is 41.0 Å². The van der Waals surface area contributed by atoms with Crippen molar-refractivity contribution in [3.8, 4) is 5.82 Å². The van der Waals surface area contributed by atoms with Crippen LogP contribution >= 0.6 is 0 Å². The number of nitrogens with one attached hydrogen (secondary N) is 1. The molecule has 1 aliphatic heterocycles. The van der Waals surface area contributed by atoms with Gasteiger partial charge in [0.25, 0.3) is 5.91 Å². The molecule has 9 heteroatoms. The van der Waals surface area contributed by atoms with Gasteiger partial charge in [-0.3, -0.25) is 4.79 Å². The van der Waals surface area contributed by atoms with Crippen molar-refractivity contribution in [2.45, 2.75) is 31.8 Å². The predicted molar refractivity (Wildman–Crippen MR) is 103 cm³/mol. The highest BCUT2D eigenvalue weighted by Gasteiger charge is 2.50. The largest absolute Gasteiger partial charge is 0.492 e. The average Bonchev–Trinajstić information content (AvgIpc) is 3.20. The van der Waals surface area contributed by atoms with Crippen LogP contribution in [-0.4, -0.2) is 38.0 Å². The highest BCUT2D eigenvalue weighted by Crippen LogP contribution is 2.47. The van der Waals surface area contributed by atoms with Crippen LogP contribution in [0.2, 0.25) is 0 Å². The van der Waals surface area contributed by atoms with E-state index in [1.807, 2.05) is 24.3 Å². The van der Waals surface area contributed by atoms with E-state index in [0.717, 1.165) is 24.8 Å². The molecule has 3 aromatic rings. The smallest absolute Gasteiger partial charge is 0.423 e. The number of amides is 1. The lowest BCUT2D eigenvalue weighted by molar-refractivity contribution is -0.0152. The van der Waals surface area contributed by atoms with E-state index >= 15 is 0 Å². The molecule has 0 radical (unpaired) electrons. The van der Waals surface area contributed by atoms with Gasteiger partial charge in [0.2, 0.25) is 0 Å². The van der Waals surface area contributed by atoms with Crippen molar-refractivity contribution in [3.05, 3.63) is 59.5 Å². The normalized spacial score (nSPS) is 16.7. The van der Waals surface area contributed by atoms with Gasteiger partial charge in [0, 0.05) is 11.9 Å². The van der Waals surface area contributed by atoms with Gasteiger partial charge in [0.05, 0.1) is 11.3 Å². The van der Waals surface area contributed by atoms with Crippen molar-refractivity contribution in [1.29, 1.82) is 0 Å². The lowest BCUT2D eigenvalue weighted by Gasteiger charge is -2.39. The minimum Gasteiger partial charge on any atom is -0.423 e. The highest BCUT2D eigenvalue weighted by molar-refractivity contribution is 6.62. The molecule has 8 nitrogen and oxygen atoms in total. The molecule has 1 saturated carbocycles. The number of hydrogen-bond acceptors (Lipinski definition) is 6. The third-order valence-electron chi connectivity index (χ3n) is 5.54. The summed E-state index contributed by atoms with van der Waals surface area (Å²) in [5.74, 6) is 0.224.